The van der Waals surface area contributed by atoms with Gasteiger partial charge >= 0.3 is 6.09 Å². The molecule has 0 aromatic carbocycles. The quantitative estimate of drug-likeness (QED) is 0.832. The fourth-order valence-corrected chi connectivity index (χ4v) is 2.80. The van der Waals surface area contributed by atoms with E-state index in [2.05, 4.69) is 11.1 Å². The maximum atomic E-state index is 12.5. The van der Waals surface area contributed by atoms with Gasteiger partial charge in [0.1, 0.15) is 5.60 Å². The standard InChI is InChI=1S/C17H26N2O3/c1-12-10-13(11-18-15(12)21-5)14-8-6-7-9-19(14)16(20)22-17(2,3)4/h10-11,14H,6-9H2,1-5H3/t14-/m1/s1. The molecule has 0 N–H and O–H groups in total. The molecule has 1 aliphatic heterocycles. The van der Waals surface area contributed by atoms with Crippen molar-refractivity contribution in [3.05, 3.63) is 23.4 Å². The molecular formula is C17H26N2O3. The van der Waals surface area contributed by atoms with Gasteiger partial charge in [0.05, 0.1) is 13.2 Å². The van der Waals surface area contributed by atoms with E-state index in [9.17, 15) is 4.79 Å². The maximum absolute atomic E-state index is 12.5. The molecule has 1 amide bonds. The summed E-state index contributed by atoms with van der Waals surface area (Å²) in [5.74, 6) is 0.628. The molecule has 0 bridgehead atoms. The molecule has 122 valence electrons. The molecule has 1 aliphatic rings. The van der Waals surface area contributed by atoms with Gasteiger partial charge in [-0.3, -0.25) is 0 Å². The Balaban J connectivity index is 2.22. The zero-order valence-electron chi connectivity index (χ0n) is 14.2. The minimum atomic E-state index is -0.479. The maximum Gasteiger partial charge on any atom is 0.410 e. The highest BCUT2D eigenvalue weighted by Gasteiger charge is 2.31. The number of carbonyl (C=O) groups excluding carboxylic acids is 1. The summed E-state index contributed by atoms with van der Waals surface area (Å²) in [6, 6.07) is 2.08. The van der Waals surface area contributed by atoms with Gasteiger partial charge in [-0.25, -0.2) is 9.78 Å². The lowest BCUT2D eigenvalue weighted by Gasteiger charge is -2.37. The second-order valence-electron chi connectivity index (χ2n) is 6.78. The Kier molecular flexibility index (Phi) is 4.94. The summed E-state index contributed by atoms with van der Waals surface area (Å²) in [4.78, 5) is 18.6. The van der Waals surface area contributed by atoms with Crippen LogP contribution in [0.1, 0.15) is 57.2 Å². The third kappa shape index (κ3) is 3.90. The summed E-state index contributed by atoms with van der Waals surface area (Å²) in [6.07, 6.45) is 4.62. The van der Waals surface area contributed by atoms with E-state index in [0.717, 1.165) is 36.9 Å². The van der Waals surface area contributed by atoms with E-state index in [1.807, 2.05) is 32.6 Å². The van der Waals surface area contributed by atoms with Crippen molar-refractivity contribution < 1.29 is 14.3 Å². The predicted molar refractivity (Wildman–Crippen MR) is 85.1 cm³/mol. The highest BCUT2D eigenvalue weighted by molar-refractivity contribution is 5.69. The van der Waals surface area contributed by atoms with E-state index in [1.165, 1.54) is 0 Å². The summed E-state index contributed by atoms with van der Waals surface area (Å²) in [6.45, 7) is 8.37. The highest BCUT2D eigenvalue weighted by atomic mass is 16.6. The molecule has 22 heavy (non-hydrogen) atoms. The molecule has 0 spiro atoms. The number of carbonyl (C=O) groups is 1. The Bertz CT molecular complexity index is 537. The normalized spacial score (nSPS) is 19.0. The van der Waals surface area contributed by atoms with Crippen LogP contribution in [0.4, 0.5) is 4.79 Å². The molecular weight excluding hydrogens is 280 g/mol. The van der Waals surface area contributed by atoms with Crippen molar-refractivity contribution in [3.63, 3.8) is 0 Å². The third-order valence-corrected chi connectivity index (χ3v) is 3.76. The van der Waals surface area contributed by atoms with Crippen molar-refractivity contribution in [3.8, 4) is 5.88 Å². The molecule has 0 aliphatic carbocycles. The van der Waals surface area contributed by atoms with E-state index in [0.29, 0.717) is 5.88 Å². The van der Waals surface area contributed by atoms with Crippen LogP contribution >= 0.6 is 0 Å². The number of likely N-dealkylation sites (tertiary alicyclic amines) is 1. The Hall–Kier alpha value is -1.78. The first-order chi connectivity index (χ1) is 10.3. The van der Waals surface area contributed by atoms with E-state index < -0.39 is 5.60 Å². The van der Waals surface area contributed by atoms with Crippen LogP contribution in [0.2, 0.25) is 0 Å². The molecule has 0 saturated carbocycles. The predicted octanol–water partition coefficient (Wildman–Crippen LogP) is 3.86. The Morgan fingerprint density at radius 3 is 2.68 bits per heavy atom. The van der Waals surface area contributed by atoms with E-state index in [4.69, 9.17) is 9.47 Å². The minimum Gasteiger partial charge on any atom is -0.481 e. The number of methoxy groups -OCH3 is 1. The number of nitrogens with zero attached hydrogens (tertiary/aromatic N) is 2. The van der Waals surface area contributed by atoms with Crippen molar-refractivity contribution in [2.24, 2.45) is 0 Å². The Morgan fingerprint density at radius 2 is 2.09 bits per heavy atom. The van der Waals surface area contributed by atoms with Crippen LogP contribution in [0.15, 0.2) is 12.3 Å². The minimum absolute atomic E-state index is 0.0284. The molecule has 5 nitrogen and oxygen atoms in total. The number of piperidine rings is 1. The first-order valence-electron chi connectivity index (χ1n) is 7.82. The van der Waals surface area contributed by atoms with Gasteiger partial charge in [-0.05, 0) is 58.6 Å². The summed E-state index contributed by atoms with van der Waals surface area (Å²) < 4.78 is 10.8. The smallest absolute Gasteiger partial charge is 0.410 e. The van der Waals surface area contributed by atoms with Crippen molar-refractivity contribution in [2.75, 3.05) is 13.7 Å². The van der Waals surface area contributed by atoms with Crippen LogP contribution in [0, 0.1) is 6.92 Å². The first-order valence-corrected chi connectivity index (χ1v) is 7.82. The van der Waals surface area contributed by atoms with Crippen LogP contribution in [0.3, 0.4) is 0 Å². The molecule has 2 heterocycles. The third-order valence-electron chi connectivity index (χ3n) is 3.76. The van der Waals surface area contributed by atoms with Gasteiger partial charge in [0.25, 0.3) is 0 Å². The number of hydrogen-bond acceptors (Lipinski definition) is 4. The zero-order valence-corrected chi connectivity index (χ0v) is 14.2. The molecule has 1 aromatic heterocycles. The van der Waals surface area contributed by atoms with Crippen LogP contribution in [-0.4, -0.2) is 35.2 Å². The van der Waals surface area contributed by atoms with Gasteiger partial charge in [0, 0.05) is 18.3 Å². The average molecular weight is 306 g/mol. The number of aromatic nitrogens is 1. The van der Waals surface area contributed by atoms with Crippen molar-refractivity contribution in [1.29, 1.82) is 0 Å². The van der Waals surface area contributed by atoms with Gasteiger partial charge < -0.3 is 14.4 Å². The van der Waals surface area contributed by atoms with Gasteiger partial charge in [-0.1, -0.05) is 0 Å². The number of hydrogen-bond donors (Lipinski definition) is 0. The lowest BCUT2D eigenvalue weighted by atomic mass is 9.96. The fourth-order valence-electron chi connectivity index (χ4n) is 2.80. The summed E-state index contributed by atoms with van der Waals surface area (Å²) in [5.41, 5.74) is 1.55. The summed E-state index contributed by atoms with van der Waals surface area (Å²) in [5, 5.41) is 0. The molecule has 0 unspecified atom stereocenters. The van der Waals surface area contributed by atoms with Crippen molar-refractivity contribution in [2.45, 2.75) is 58.6 Å². The summed E-state index contributed by atoms with van der Waals surface area (Å²) in [7, 11) is 1.61. The SMILES string of the molecule is COc1ncc([C@H]2CCCCN2C(=O)OC(C)(C)C)cc1C. The van der Waals surface area contributed by atoms with Crippen LogP contribution in [0.25, 0.3) is 0 Å². The second-order valence-corrected chi connectivity index (χ2v) is 6.78. The first kappa shape index (κ1) is 16.6. The number of amides is 1. The lowest BCUT2D eigenvalue weighted by Crippen LogP contribution is -2.41. The van der Waals surface area contributed by atoms with E-state index in [-0.39, 0.29) is 12.1 Å². The monoisotopic (exact) mass is 306 g/mol. The largest absolute Gasteiger partial charge is 0.481 e. The Labute approximate surface area is 132 Å². The molecule has 1 atom stereocenters. The molecule has 1 aromatic rings. The number of ether oxygens (including phenoxy) is 2. The summed E-state index contributed by atoms with van der Waals surface area (Å²) >= 11 is 0. The van der Waals surface area contributed by atoms with Crippen molar-refractivity contribution >= 4 is 6.09 Å². The fraction of sp³-hybridized carbons (Fsp3) is 0.647. The highest BCUT2D eigenvalue weighted by Crippen LogP contribution is 2.33. The number of aryl methyl sites for hydroxylation is 1. The lowest BCUT2D eigenvalue weighted by molar-refractivity contribution is 0.00947. The average Bonchev–Trinajstić information content (AvgIpc) is 2.45. The molecule has 5 heteroatoms. The van der Waals surface area contributed by atoms with E-state index in [1.54, 1.807) is 13.3 Å². The van der Waals surface area contributed by atoms with Crippen LogP contribution in [0.5, 0.6) is 5.88 Å². The van der Waals surface area contributed by atoms with Gasteiger partial charge in [0.2, 0.25) is 5.88 Å². The topological polar surface area (TPSA) is 51.7 Å². The Morgan fingerprint density at radius 1 is 1.36 bits per heavy atom. The van der Waals surface area contributed by atoms with Gasteiger partial charge in [-0.15, -0.1) is 0 Å². The van der Waals surface area contributed by atoms with Crippen LogP contribution < -0.4 is 4.74 Å². The molecule has 2 rings (SSSR count). The van der Waals surface area contributed by atoms with Crippen molar-refractivity contribution in [1.82, 2.24) is 9.88 Å². The molecule has 1 saturated heterocycles. The van der Waals surface area contributed by atoms with E-state index >= 15 is 0 Å². The molecule has 1 fully saturated rings. The number of pyridine rings is 1. The van der Waals surface area contributed by atoms with Gasteiger partial charge in [0.15, 0.2) is 0 Å². The molecule has 0 radical (unpaired) electrons. The van der Waals surface area contributed by atoms with Crippen LogP contribution in [-0.2, 0) is 4.74 Å². The van der Waals surface area contributed by atoms with Gasteiger partial charge in [-0.2, -0.15) is 0 Å². The zero-order chi connectivity index (χ0) is 16.3. The second kappa shape index (κ2) is 6.55. The number of rotatable bonds is 2.